The maximum absolute atomic E-state index is 12.7. The number of Topliss-reactive ketones (excluding diaryl/α,β-unsaturated/α-hetero) is 1. The third-order valence-corrected chi connectivity index (χ3v) is 4.56. The van der Waals surface area contributed by atoms with Crippen LogP contribution in [-0.4, -0.2) is 15.6 Å². The lowest BCUT2D eigenvalue weighted by molar-refractivity contribution is 0.0931. The molecule has 4 heteroatoms. The first kappa shape index (κ1) is 15.0. The molecule has 0 spiro atoms. The molecule has 0 fully saturated rings. The van der Waals surface area contributed by atoms with Gasteiger partial charge in [-0.1, -0.05) is 32.0 Å². The van der Waals surface area contributed by atoms with Crippen LogP contribution < -0.4 is 5.73 Å². The summed E-state index contributed by atoms with van der Waals surface area (Å²) in [4.78, 5) is 12.7. The van der Waals surface area contributed by atoms with Gasteiger partial charge in [-0.25, -0.2) is 4.68 Å². The van der Waals surface area contributed by atoms with Crippen LogP contribution in [0, 0.1) is 11.8 Å². The van der Waals surface area contributed by atoms with Crippen molar-refractivity contribution in [1.82, 2.24) is 9.78 Å². The molecule has 1 heterocycles. The number of ketones is 1. The molecule has 0 bridgehead atoms. The monoisotopic (exact) mass is 297 g/mol. The number of carbonyl (C=O) groups excluding carboxylic acids is 1. The number of hydrogen-bond acceptors (Lipinski definition) is 3. The van der Waals surface area contributed by atoms with Crippen LogP contribution in [0.3, 0.4) is 0 Å². The van der Waals surface area contributed by atoms with Gasteiger partial charge in [0.15, 0.2) is 5.78 Å². The van der Waals surface area contributed by atoms with Gasteiger partial charge >= 0.3 is 0 Å². The van der Waals surface area contributed by atoms with E-state index in [1.165, 1.54) is 0 Å². The molecular weight excluding hydrogens is 274 g/mol. The van der Waals surface area contributed by atoms with Crippen molar-refractivity contribution in [3.05, 3.63) is 47.3 Å². The Balaban J connectivity index is 2.17. The van der Waals surface area contributed by atoms with E-state index in [-0.39, 0.29) is 11.8 Å². The minimum absolute atomic E-state index is 0.189. The molecule has 4 nitrogen and oxygen atoms in total. The van der Waals surface area contributed by atoms with Crippen LogP contribution in [-0.2, 0) is 6.42 Å². The van der Waals surface area contributed by atoms with Crippen LogP contribution in [0.2, 0.25) is 0 Å². The van der Waals surface area contributed by atoms with E-state index in [9.17, 15) is 4.79 Å². The predicted octanol–water partition coefficient (Wildman–Crippen LogP) is 3.29. The summed E-state index contributed by atoms with van der Waals surface area (Å²) in [5, 5.41) is 4.68. The fourth-order valence-corrected chi connectivity index (χ4v) is 3.20. The Morgan fingerprint density at radius 3 is 2.45 bits per heavy atom. The maximum atomic E-state index is 12.7. The molecule has 2 unspecified atom stereocenters. The van der Waals surface area contributed by atoms with E-state index in [4.69, 9.17) is 5.73 Å². The van der Waals surface area contributed by atoms with E-state index < -0.39 is 0 Å². The summed E-state index contributed by atoms with van der Waals surface area (Å²) in [6, 6.07) is 9.74. The fourth-order valence-electron chi connectivity index (χ4n) is 3.20. The number of fused-ring (bicyclic) bond motifs is 1. The van der Waals surface area contributed by atoms with Gasteiger partial charge in [-0.2, -0.15) is 5.10 Å². The lowest BCUT2D eigenvalue weighted by Gasteiger charge is -2.25. The number of aromatic nitrogens is 2. The van der Waals surface area contributed by atoms with Crippen molar-refractivity contribution in [2.24, 2.45) is 17.6 Å². The lowest BCUT2D eigenvalue weighted by atomic mass is 9.79. The molecule has 2 atom stereocenters. The standard InChI is InChI=1S/C18H23N3O/c1-11(2)13-9-15-17(16(22)10-13)18(12(3)19)20-21(15)14-7-5-4-6-8-14/h4-8,11-13H,9-10,19H2,1-3H3. The van der Waals surface area contributed by atoms with Crippen molar-refractivity contribution in [1.29, 1.82) is 0 Å². The lowest BCUT2D eigenvalue weighted by Crippen LogP contribution is -2.26. The average Bonchev–Trinajstić information content (AvgIpc) is 2.88. The van der Waals surface area contributed by atoms with Gasteiger partial charge in [0.05, 0.1) is 22.6 Å². The average molecular weight is 297 g/mol. The Hall–Kier alpha value is -1.94. The van der Waals surface area contributed by atoms with Crippen LogP contribution in [0.25, 0.3) is 5.69 Å². The topological polar surface area (TPSA) is 60.9 Å². The highest BCUT2D eigenvalue weighted by molar-refractivity contribution is 5.99. The van der Waals surface area contributed by atoms with Gasteiger partial charge < -0.3 is 5.73 Å². The second kappa shape index (κ2) is 5.69. The van der Waals surface area contributed by atoms with E-state index in [1.807, 2.05) is 41.9 Å². The van der Waals surface area contributed by atoms with Gasteiger partial charge in [-0.3, -0.25) is 4.79 Å². The molecule has 1 aliphatic rings. The highest BCUT2D eigenvalue weighted by atomic mass is 16.1. The molecule has 0 amide bonds. The van der Waals surface area contributed by atoms with Gasteiger partial charge in [0.25, 0.3) is 0 Å². The first-order valence-electron chi connectivity index (χ1n) is 7.95. The van der Waals surface area contributed by atoms with E-state index in [0.717, 1.165) is 29.1 Å². The number of carbonyl (C=O) groups is 1. The maximum Gasteiger partial charge on any atom is 0.166 e. The number of nitrogens with two attached hydrogens (primary N) is 1. The minimum Gasteiger partial charge on any atom is -0.323 e. The zero-order valence-corrected chi connectivity index (χ0v) is 13.4. The third kappa shape index (κ3) is 2.48. The number of hydrogen-bond donors (Lipinski definition) is 1. The summed E-state index contributed by atoms with van der Waals surface area (Å²) < 4.78 is 1.92. The molecule has 1 aromatic carbocycles. The highest BCUT2D eigenvalue weighted by Gasteiger charge is 2.34. The largest absolute Gasteiger partial charge is 0.323 e. The summed E-state index contributed by atoms with van der Waals surface area (Å²) >= 11 is 0. The van der Waals surface area contributed by atoms with E-state index >= 15 is 0 Å². The fraction of sp³-hybridized carbons (Fsp3) is 0.444. The van der Waals surface area contributed by atoms with Crippen molar-refractivity contribution in [3.8, 4) is 5.69 Å². The SMILES string of the molecule is CC(N)c1nn(-c2ccccc2)c2c1C(=O)CC(C(C)C)C2. The van der Waals surface area contributed by atoms with Crippen molar-refractivity contribution < 1.29 is 4.79 Å². The molecule has 22 heavy (non-hydrogen) atoms. The first-order chi connectivity index (χ1) is 10.5. The van der Waals surface area contributed by atoms with Gasteiger partial charge in [0, 0.05) is 12.5 Å². The summed E-state index contributed by atoms with van der Waals surface area (Å²) in [5.41, 5.74) is 9.56. The van der Waals surface area contributed by atoms with Crippen molar-refractivity contribution >= 4 is 5.78 Å². The molecule has 0 aliphatic heterocycles. The second-order valence-corrected chi connectivity index (χ2v) is 6.58. The zero-order valence-electron chi connectivity index (χ0n) is 13.4. The molecule has 2 N–H and O–H groups in total. The van der Waals surface area contributed by atoms with Crippen LogP contribution >= 0.6 is 0 Å². The number of benzene rings is 1. The molecule has 0 radical (unpaired) electrons. The Morgan fingerprint density at radius 2 is 1.86 bits per heavy atom. The Kier molecular flexibility index (Phi) is 3.87. The normalized spacial score (nSPS) is 19.3. The van der Waals surface area contributed by atoms with Gasteiger partial charge in [0.1, 0.15) is 0 Å². The van der Waals surface area contributed by atoms with Crippen LogP contribution in [0.4, 0.5) is 0 Å². The summed E-state index contributed by atoms with van der Waals surface area (Å²) in [7, 11) is 0. The molecule has 116 valence electrons. The second-order valence-electron chi connectivity index (χ2n) is 6.58. The zero-order chi connectivity index (χ0) is 15.9. The third-order valence-electron chi connectivity index (χ3n) is 4.56. The molecule has 0 saturated heterocycles. The number of para-hydroxylation sites is 1. The number of rotatable bonds is 3. The Morgan fingerprint density at radius 1 is 1.18 bits per heavy atom. The smallest absolute Gasteiger partial charge is 0.166 e. The predicted molar refractivity (Wildman–Crippen MR) is 87.1 cm³/mol. The summed E-state index contributed by atoms with van der Waals surface area (Å²) in [6.07, 6.45) is 1.48. The van der Waals surface area contributed by atoms with Gasteiger partial charge in [0.2, 0.25) is 0 Å². The Labute approximate surface area is 131 Å². The molecular formula is C18H23N3O. The van der Waals surface area contributed by atoms with Crippen molar-refractivity contribution in [2.75, 3.05) is 0 Å². The van der Waals surface area contributed by atoms with E-state index in [1.54, 1.807) is 0 Å². The van der Waals surface area contributed by atoms with Crippen molar-refractivity contribution in [3.63, 3.8) is 0 Å². The van der Waals surface area contributed by atoms with Crippen LogP contribution in [0.5, 0.6) is 0 Å². The van der Waals surface area contributed by atoms with E-state index in [2.05, 4.69) is 18.9 Å². The van der Waals surface area contributed by atoms with Gasteiger partial charge in [-0.15, -0.1) is 0 Å². The molecule has 1 aliphatic carbocycles. The van der Waals surface area contributed by atoms with Crippen LogP contribution in [0.1, 0.15) is 55.0 Å². The first-order valence-corrected chi connectivity index (χ1v) is 7.95. The van der Waals surface area contributed by atoms with Crippen LogP contribution in [0.15, 0.2) is 30.3 Å². The number of nitrogens with zero attached hydrogens (tertiary/aromatic N) is 2. The summed E-state index contributed by atoms with van der Waals surface area (Å²) in [5.74, 6) is 1.05. The minimum atomic E-state index is -0.238. The summed E-state index contributed by atoms with van der Waals surface area (Å²) in [6.45, 7) is 6.25. The molecule has 3 rings (SSSR count). The quantitative estimate of drug-likeness (QED) is 0.945. The van der Waals surface area contributed by atoms with Gasteiger partial charge in [-0.05, 0) is 37.3 Å². The van der Waals surface area contributed by atoms with Crippen molar-refractivity contribution in [2.45, 2.75) is 39.7 Å². The molecule has 0 saturated carbocycles. The molecule has 1 aromatic heterocycles. The molecule has 2 aromatic rings. The highest BCUT2D eigenvalue weighted by Crippen LogP contribution is 2.34. The Bertz CT molecular complexity index is 686. The van der Waals surface area contributed by atoms with E-state index in [0.29, 0.717) is 18.3 Å².